The van der Waals surface area contributed by atoms with Crippen LogP contribution in [0.4, 0.5) is 0 Å². The summed E-state index contributed by atoms with van der Waals surface area (Å²) < 4.78 is 9.31. The summed E-state index contributed by atoms with van der Waals surface area (Å²) in [6.07, 6.45) is -1.87. The first-order chi connectivity index (χ1) is 4.24. The lowest BCUT2D eigenvalue weighted by Gasteiger charge is -2.08. The lowest BCUT2D eigenvalue weighted by Crippen LogP contribution is -2.21. The fraction of sp³-hybridized carbons (Fsp3) is 1.00. The van der Waals surface area contributed by atoms with Gasteiger partial charge in [-0.1, -0.05) is 0 Å². The molecule has 0 spiro atoms. The molecule has 0 aromatic rings. The molecule has 1 aliphatic rings. The first-order valence-corrected chi connectivity index (χ1v) is 2.78. The number of aliphatic hydroxyl groups excluding tert-OH is 2. The third-order valence-corrected chi connectivity index (χ3v) is 1.35. The highest BCUT2D eigenvalue weighted by Crippen LogP contribution is 2.18. The number of aliphatic hydroxyl groups is 2. The van der Waals surface area contributed by atoms with Gasteiger partial charge in [-0.15, -0.1) is 0 Å². The van der Waals surface area contributed by atoms with Gasteiger partial charge in [0, 0.05) is 13.5 Å². The van der Waals surface area contributed by atoms with Gasteiger partial charge < -0.3 is 19.7 Å². The quantitative estimate of drug-likeness (QED) is 0.486. The largest absolute Gasteiger partial charge is 0.376 e. The van der Waals surface area contributed by atoms with E-state index < -0.39 is 12.6 Å². The number of ether oxygens (including phenoxy) is 2. The summed E-state index contributed by atoms with van der Waals surface area (Å²) in [5.74, 6) is 0. The van der Waals surface area contributed by atoms with Gasteiger partial charge in [-0.25, -0.2) is 0 Å². The Balaban J connectivity index is 2.38. The number of rotatable bonds is 1. The maximum atomic E-state index is 8.85. The third kappa shape index (κ3) is 1.40. The first-order valence-electron chi connectivity index (χ1n) is 2.78. The van der Waals surface area contributed by atoms with E-state index in [1.165, 1.54) is 7.11 Å². The van der Waals surface area contributed by atoms with Crippen LogP contribution in [0.5, 0.6) is 0 Å². The molecule has 3 unspecified atom stereocenters. The summed E-state index contributed by atoms with van der Waals surface area (Å²) in [5, 5.41) is 17.6. The minimum Gasteiger partial charge on any atom is -0.376 e. The Bertz CT molecular complexity index is 95.0. The Morgan fingerprint density at radius 2 is 2.22 bits per heavy atom. The topological polar surface area (TPSA) is 58.9 Å². The molecule has 0 aromatic heterocycles. The molecule has 0 amide bonds. The second-order valence-corrected chi connectivity index (χ2v) is 1.99. The van der Waals surface area contributed by atoms with Gasteiger partial charge >= 0.3 is 0 Å². The molecule has 1 aliphatic heterocycles. The Morgan fingerprint density at radius 3 is 2.44 bits per heavy atom. The van der Waals surface area contributed by atoms with Crippen LogP contribution in [0.15, 0.2) is 0 Å². The van der Waals surface area contributed by atoms with Crippen molar-refractivity contribution in [3.8, 4) is 0 Å². The normalized spacial score (nSPS) is 43.7. The second-order valence-electron chi connectivity index (χ2n) is 1.99. The number of hydrogen-bond acceptors (Lipinski definition) is 4. The van der Waals surface area contributed by atoms with Crippen molar-refractivity contribution in [1.82, 2.24) is 0 Å². The van der Waals surface area contributed by atoms with Crippen molar-refractivity contribution in [2.24, 2.45) is 0 Å². The molecule has 1 rings (SSSR count). The van der Waals surface area contributed by atoms with Crippen molar-refractivity contribution in [3.05, 3.63) is 0 Å². The molecule has 1 fully saturated rings. The van der Waals surface area contributed by atoms with E-state index in [0.29, 0.717) is 6.42 Å². The molecule has 4 heteroatoms. The summed E-state index contributed by atoms with van der Waals surface area (Å²) in [5.41, 5.74) is 0. The van der Waals surface area contributed by atoms with Crippen molar-refractivity contribution < 1.29 is 19.7 Å². The molecule has 2 N–H and O–H groups in total. The first kappa shape index (κ1) is 6.95. The predicted molar refractivity (Wildman–Crippen MR) is 28.5 cm³/mol. The van der Waals surface area contributed by atoms with E-state index in [0.717, 1.165) is 0 Å². The Labute approximate surface area is 53.0 Å². The van der Waals surface area contributed by atoms with E-state index in [1.54, 1.807) is 0 Å². The summed E-state index contributed by atoms with van der Waals surface area (Å²) in [7, 11) is 1.47. The van der Waals surface area contributed by atoms with Gasteiger partial charge in [0.15, 0.2) is 12.6 Å². The fourth-order valence-corrected chi connectivity index (χ4v) is 0.832. The molecule has 0 bridgehead atoms. The summed E-state index contributed by atoms with van der Waals surface area (Å²) in [4.78, 5) is 0. The predicted octanol–water partition coefficient (Wildman–Crippen LogP) is -0.942. The van der Waals surface area contributed by atoms with Crippen molar-refractivity contribution in [1.29, 1.82) is 0 Å². The zero-order valence-electron chi connectivity index (χ0n) is 5.15. The van der Waals surface area contributed by atoms with E-state index >= 15 is 0 Å². The third-order valence-electron chi connectivity index (χ3n) is 1.35. The van der Waals surface area contributed by atoms with Gasteiger partial charge in [-0.05, 0) is 0 Å². The van der Waals surface area contributed by atoms with Crippen LogP contribution in [0.1, 0.15) is 6.42 Å². The Hall–Kier alpha value is -0.160. The van der Waals surface area contributed by atoms with Crippen LogP contribution < -0.4 is 0 Å². The molecule has 3 atom stereocenters. The molecule has 4 nitrogen and oxygen atoms in total. The van der Waals surface area contributed by atoms with Crippen LogP contribution >= 0.6 is 0 Å². The van der Waals surface area contributed by atoms with Crippen LogP contribution in [0.3, 0.4) is 0 Å². The average molecular weight is 134 g/mol. The van der Waals surface area contributed by atoms with E-state index in [1.807, 2.05) is 0 Å². The Kier molecular flexibility index (Phi) is 2.02. The molecule has 0 aromatic carbocycles. The molecule has 0 saturated carbocycles. The molecule has 0 radical (unpaired) electrons. The van der Waals surface area contributed by atoms with Crippen molar-refractivity contribution in [2.45, 2.75) is 25.1 Å². The monoisotopic (exact) mass is 134 g/mol. The maximum Gasteiger partial charge on any atom is 0.184 e. The zero-order valence-corrected chi connectivity index (χ0v) is 5.15. The van der Waals surface area contributed by atoms with Gasteiger partial charge in [-0.2, -0.15) is 0 Å². The summed E-state index contributed by atoms with van der Waals surface area (Å²) in [6.45, 7) is 0. The van der Waals surface area contributed by atoms with Crippen molar-refractivity contribution >= 4 is 0 Å². The van der Waals surface area contributed by atoms with Gasteiger partial charge in [-0.3, -0.25) is 0 Å². The van der Waals surface area contributed by atoms with E-state index in [-0.39, 0.29) is 6.10 Å². The smallest absolute Gasteiger partial charge is 0.184 e. The number of hydrogen-bond donors (Lipinski definition) is 2. The molecule has 54 valence electrons. The lowest BCUT2D eigenvalue weighted by atomic mass is 10.3. The average Bonchev–Trinajstić information content (AvgIpc) is 2.10. The molecule has 1 heterocycles. The SMILES string of the molecule is COC1CC(O)OC1O. The van der Waals surface area contributed by atoms with Gasteiger partial charge in [0.05, 0.1) is 0 Å². The highest BCUT2D eigenvalue weighted by atomic mass is 16.7. The van der Waals surface area contributed by atoms with Crippen molar-refractivity contribution in [3.63, 3.8) is 0 Å². The summed E-state index contributed by atoms with van der Waals surface area (Å²) in [6, 6.07) is 0. The lowest BCUT2D eigenvalue weighted by molar-refractivity contribution is -0.178. The standard InChI is InChI=1S/C5H10O4/c1-8-3-2-4(6)9-5(3)7/h3-7H,2H2,1H3. The second kappa shape index (κ2) is 2.62. The van der Waals surface area contributed by atoms with Crippen LogP contribution in [-0.4, -0.2) is 36.0 Å². The zero-order chi connectivity index (χ0) is 6.85. The van der Waals surface area contributed by atoms with E-state index in [9.17, 15) is 0 Å². The van der Waals surface area contributed by atoms with Crippen LogP contribution in [0, 0.1) is 0 Å². The van der Waals surface area contributed by atoms with Crippen LogP contribution in [0.2, 0.25) is 0 Å². The van der Waals surface area contributed by atoms with E-state index in [4.69, 9.17) is 14.9 Å². The van der Waals surface area contributed by atoms with Gasteiger partial charge in [0.1, 0.15) is 6.10 Å². The molecular weight excluding hydrogens is 124 g/mol. The minimum absolute atomic E-state index is 0.345. The minimum atomic E-state index is -0.968. The van der Waals surface area contributed by atoms with Crippen molar-refractivity contribution in [2.75, 3.05) is 7.11 Å². The molecular formula is C5H10O4. The Morgan fingerprint density at radius 1 is 1.56 bits per heavy atom. The molecule has 1 saturated heterocycles. The highest BCUT2D eigenvalue weighted by Gasteiger charge is 2.32. The summed E-state index contributed by atoms with van der Waals surface area (Å²) >= 11 is 0. The molecule has 9 heavy (non-hydrogen) atoms. The van der Waals surface area contributed by atoms with Crippen LogP contribution in [0.25, 0.3) is 0 Å². The van der Waals surface area contributed by atoms with E-state index in [2.05, 4.69) is 4.74 Å². The number of methoxy groups -OCH3 is 1. The van der Waals surface area contributed by atoms with Gasteiger partial charge in [0.2, 0.25) is 0 Å². The molecule has 0 aliphatic carbocycles. The fourth-order valence-electron chi connectivity index (χ4n) is 0.832. The highest BCUT2D eigenvalue weighted by molar-refractivity contribution is 4.69. The maximum absolute atomic E-state index is 8.85. The van der Waals surface area contributed by atoms with Crippen LogP contribution in [-0.2, 0) is 9.47 Å². The van der Waals surface area contributed by atoms with Gasteiger partial charge in [0.25, 0.3) is 0 Å².